The van der Waals surface area contributed by atoms with Gasteiger partial charge in [-0.05, 0) is 44.7 Å². The predicted octanol–water partition coefficient (Wildman–Crippen LogP) is 3.38. The lowest BCUT2D eigenvalue weighted by Crippen LogP contribution is -2.33. The maximum atomic E-state index is 10.6. The highest BCUT2D eigenvalue weighted by molar-refractivity contribution is 6.31. The Labute approximate surface area is 105 Å². The largest absolute Gasteiger partial charge is 0.507 e. The van der Waals surface area contributed by atoms with Crippen LogP contribution in [0.3, 0.4) is 0 Å². The van der Waals surface area contributed by atoms with Crippen LogP contribution in [0.1, 0.15) is 36.0 Å². The van der Waals surface area contributed by atoms with Crippen LogP contribution in [0.4, 0.5) is 0 Å². The van der Waals surface area contributed by atoms with Gasteiger partial charge in [-0.25, -0.2) is 4.79 Å². The van der Waals surface area contributed by atoms with E-state index in [1.54, 1.807) is 13.0 Å². The first-order valence-electron chi connectivity index (χ1n) is 5.60. The fraction of sp³-hybridized carbons (Fsp3) is 0.462. The van der Waals surface area contributed by atoms with Crippen molar-refractivity contribution < 1.29 is 9.90 Å². The molecule has 1 fully saturated rings. The van der Waals surface area contributed by atoms with Crippen LogP contribution < -0.4 is 0 Å². The van der Waals surface area contributed by atoms with E-state index in [0.717, 1.165) is 30.4 Å². The smallest absolute Gasteiger partial charge is 0.235 e. The predicted molar refractivity (Wildman–Crippen MR) is 66.2 cm³/mol. The van der Waals surface area contributed by atoms with Crippen LogP contribution in [-0.4, -0.2) is 11.2 Å². The number of isocyanates is 1. The molecule has 0 radical (unpaired) electrons. The Balaban J connectivity index is 2.66. The third-order valence-corrected chi connectivity index (χ3v) is 3.99. The average Bonchev–Trinajstić information content (AvgIpc) is 2.22. The highest BCUT2D eigenvalue weighted by Crippen LogP contribution is 2.50. The van der Waals surface area contributed by atoms with Crippen molar-refractivity contribution in [1.82, 2.24) is 0 Å². The van der Waals surface area contributed by atoms with Gasteiger partial charge in [0.15, 0.2) is 0 Å². The molecule has 2 rings (SSSR count). The lowest BCUT2D eigenvalue weighted by Gasteiger charge is -2.38. The minimum absolute atomic E-state index is 0.161. The second kappa shape index (κ2) is 4.17. The number of benzene rings is 1. The summed E-state index contributed by atoms with van der Waals surface area (Å²) in [7, 11) is 0. The summed E-state index contributed by atoms with van der Waals surface area (Å²) in [6.45, 7) is 3.64. The standard InChI is InChI=1S/C13H14ClNO2/c1-8-6-10(14)9(2)12(17)11(8)13(15-7-16)4-3-5-13/h6,17H,3-5H2,1-2H3. The molecule has 17 heavy (non-hydrogen) atoms. The van der Waals surface area contributed by atoms with Crippen molar-refractivity contribution in [2.45, 2.75) is 38.6 Å². The fourth-order valence-corrected chi connectivity index (χ4v) is 2.72. The molecule has 0 heterocycles. The van der Waals surface area contributed by atoms with Crippen molar-refractivity contribution in [3.05, 3.63) is 27.8 Å². The van der Waals surface area contributed by atoms with E-state index in [1.165, 1.54) is 0 Å². The molecular weight excluding hydrogens is 238 g/mol. The van der Waals surface area contributed by atoms with E-state index in [9.17, 15) is 9.90 Å². The minimum atomic E-state index is -0.578. The molecule has 1 aliphatic rings. The second-order valence-electron chi connectivity index (χ2n) is 4.61. The molecule has 1 aromatic carbocycles. The Morgan fingerprint density at radius 3 is 2.59 bits per heavy atom. The number of aliphatic imine (C=N–C) groups is 1. The van der Waals surface area contributed by atoms with Crippen LogP contribution >= 0.6 is 11.6 Å². The van der Waals surface area contributed by atoms with Crippen LogP contribution in [0, 0.1) is 13.8 Å². The highest BCUT2D eigenvalue weighted by Gasteiger charge is 2.42. The van der Waals surface area contributed by atoms with E-state index in [1.807, 2.05) is 13.0 Å². The van der Waals surface area contributed by atoms with Crippen molar-refractivity contribution in [3.63, 3.8) is 0 Å². The van der Waals surface area contributed by atoms with Crippen LogP contribution in [0.25, 0.3) is 0 Å². The zero-order valence-corrected chi connectivity index (χ0v) is 10.6. The van der Waals surface area contributed by atoms with Crippen LogP contribution in [0.5, 0.6) is 5.75 Å². The number of phenols is 1. The summed E-state index contributed by atoms with van der Waals surface area (Å²) in [5.41, 5.74) is 1.66. The van der Waals surface area contributed by atoms with Crippen molar-refractivity contribution in [1.29, 1.82) is 0 Å². The Morgan fingerprint density at radius 2 is 2.12 bits per heavy atom. The second-order valence-corrected chi connectivity index (χ2v) is 5.02. The van der Waals surface area contributed by atoms with Gasteiger partial charge in [0.05, 0.1) is 0 Å². The molecule has 1 saturated carbocycles. The first kappa shape index (κ1) is 12.2. The summed E-state index contributed by atoms with van der Waals surface area (Å²) in [6, 6.07) is 1.81. The zero-order chi connectivity index (χ0) is 12.6. The van der Waals surface area contributed by atoms with Gasteiger partial charge in [0, 0.05) is 16.1 Å². The average molecular weight is 252 g/mol. The number of phenolic OH excluding ortho intramolecular Hbond substituents is 1. The van der Waals surface area contributed by atoms with E-state index in [0.29, 0.717) is 10.6 Å². The topological polar surface area (TPSA) is 49.7 Å². The lowest BCUT2D eigenvalue weighted by atomic mass is 9.70. The number of carbonyl (C=O) groups excluding carboxylic acids is 1. The summed E-state index contributed by atoms with van der Waals surface area (Å²) in [5.74, 6) is 0.161. The molecule has 0 amide bonds. The SMILES string of the molecule is Cc1cc(Cl)c(C)c(O)c1C1(N=C=O)CCC1. The molecule has 3 nitrogen and oxygen atoms in total. The first-order valence-corrected chi connectivity index (χ1v) is 5.98. The normalized spacial score (nSPS) is 17.1. The van der Waals surface area contributed by atoms with Gasteiger partial charge in [-0.2, -0.15) is 4.99 Å². The van der Waals surface area contributed by atoms with E-state index in [2.05, 4.69) is 4.99 Å². The molecule has 0 saturated heterocycles. The van der Waals surface area contributed by atoms with Gasteiger partial charge >= 0.3 is 0 Å². The lowest BCUT2D eigenvalue weighted by molar-refractivity contribution is 0.246. The van der Waals surface area contributed by atoms with Crippen molar-refractivity contribution in [2.75, 3.05) is 0 Å². The molecule has 0 aromatic heterocycles. The van der Waals surface area contributed by atoms with Crippen molar-refractivity contribution in [2.24, 2.45) is 4.99 Å². The molecular formula is C13H14ClNO2. The quantitative estimate of drug-likeness (QED) is 0.647. The summed E-state index contributed by atoms with van der Waals surface area (Å²) >= 11 is 6.01. The molecule has 1 aliphatic carbocycles. The van der Waals surface area contributed by atoms with Gasteiger partial charge in [-0.1, -0.05) is 11.6 Å². The van der Waals surface area contributed by atoms with Crippen LogP contribution in [0.2, 0.25) is 5.02 Å². The molecule has 1 aromatic rings. The summed E-state index contributed by atoms with van der Waals surface area (Å²) in [5, 5.41) is 10.7. The third-order valence-electron chi connectivity index (χ3n) is 3.59. The van der Waals surface area contributed by atoms with Crippen molar-refractivity contribution in [3.8, 4) is 5.75 Å². The molecule has 0 bridgehead atoms. The number of rotatable bonds is 2. The molecule has 0 aliphatic heterocycles. The number of aryl methyl sites for hydroxylation is 1. The molecule has 1 N–H and O–H groups in total. The van der Waals surface area contributed by atoms with Gasteiger partial charge in [0.25, 0.3) is 0 Å². The Hall–Kier alpha value is -1.31. The Morgan fingerprint density at radius 1 is 1.47 bits per heavy atom. The molecule has 0 atom stereocenters. The maximum absolute atomic E-state index is 10.6. The summed E-state index contributed by atoms with van der Waals surface area (Å²) in [6.07, 6.45) is 4.19. The van der Waals surface area contributed by atoms with E-state index >= 15 is 0 Å². The number of nitrogens with zero attached hydrogens (tertiary/aromatic N) is 1. The minimum Gasteiger partial charge on any atom is -0.507 e. The van der Waals surface area contributed by atoms with Crippen LogP contribution in [0.15, 0.2) is 11.1 Å². The molecule has 90 valence electrons. The first-order chi connectivity index (χ1) is 8.02. The highest BCUT2D eigenvalue weighted by atomic mass is 35.5. The maximum Gasteiger partial charge on any atom is 0.235 e. The molecule has 0 spiro atoms. The van der Waals surface area contributed by atoms with Gasteiger partial charge in [-0.15, -0.1) is 0 Å². The zero-order valence-electron chi connectivity index (χ0n) is 9.88. The van der Waals surface area contributed by atoms with Crippen molar-refractivity contribution >= 4 is 17.7 Å². The Bertz CT molecular complexity index is 515. The van der Waals surface area contributed by atoms with Crippen LogP contribution in [-0.2, 0) is 10.3 Å². The summed E-state index contributed by atoms with van der Waals surface area (Å²) in [4.78, 5) is 14.5. The van der Waals surface area contributed by atoms with Gasteiger partial charge in [0.1, 0.15) is 11.3 Å². The number of hydrogen-bond donors (Lipinski definition) is 1. The number of hydrogen-bond acceptors (Lipinski definition) is 3. The number of aromatic hydroxyl groups is 1. The van der Waals surface area contributed by atoms with Gasteiger partial charge in [0.2, 0.25) is 6.08 Å². The third kappa shape index (κ3) is 1.76. The Kier molecular flexibility index (Phi) is 2.98. The monoisotopic (exact) mass is 251 g/mol. The fourth-order valence-electron chi connectivity index (χ4n) is 2.46. The van der Waals surface area contributed by atoms with E-state index in [-0.39, 0.29) is 5.75 Å². The van der Waals surface area contributed by atoms with Gasteiger partial charge in [-0.3, -0.25) is 0 Å². The molecule has 4 heteroatoms. The number of halogens is 1. The summed E-state index contributed by atoms with van der Waals surface area (Å²) < 4.78 is 0. The van der Waals surface area contributed by atoms with E-state index in [4.69, 9.17) is 11.6 Å². The van der Waals surface area contributed by atoms with Gasteiger partial charge < -0.3 is 5.11 Å². The van der Waals surface area contributed by atoms with E-state index < -0.39 is 5.54 Å². The molecule has 0 unspecified atom stereocenters.